The van der Waals surface area contributed by atoms with Crippen molar-refractivity contribution in [3.8, 4) is 0 Å². The fourth-order valence-corrected chi connectivity index (χ4v) is 4.54. The zero-order valence-electron chi connectivity index (χ0n) is 11.2. The minimum atomic E-state index is -3.67. The van der Waals surface area contributed by atoms with Crippen molar-refractivity contribution in [3.05, 3.63) is 16.7 Å². The molecule has 0 radical (unpaired) electrons. The zero-order valence-corrected chi connectivity index (χ0v) is 13.6. The van der Waals surface area contributed by atoms with Crippen molar-refractivity contribution < 1.29 is 13.5 Å². The lowest BCUT2D eigenvalue weighted by Gasteiger charge is -2.36. The Bertz CT molecular complexity index is 575. The Kier molecular flexibility index (Phi) is 5.00. The van der Waals surface area contributed by atoms with Gasteiger partial charge in [-0.15, -0.1) is 0 Å². The van der Waals surface area contributed by atoms with Crippen molar-refractivity contribution in [1.29, 1.82) is 0 Å². The van der Waals surface area contributed by atoms with Crippen LogP contribution in [0.5, 0.6) is 0 Å². The number of sulfonamides is 1. The summed E-state index contributed by atoms with van der Waals surface area (Å²) in [7, 11) is -2.04. The molecule has 1 aromatic rings. The highest BCUT2D eigenvalue weighted by Crippen LogP contribution is 2.32. The van der Waals surface area contributed by atoms with Crippen molar-refractivity contribution in [2.45, 2.75) is 30.2 Å². The summed E-state index contributed by atoms with van der Waals surface area (Å²) in [6.45, 7) is -0.0747. The zero-order chi connectivity index (χ0) is 14.8. The molecule has 1 aromatic heterocycles. The van der Waals surface area contributed by atoms with Gasteiger partial charge in [0.05, 0.1) is 6.61 Å². The number of anilines is 1. The number of aromatic nitrogens is 1. The first-order valence-electron chi connectivity index (χ1n) is 6.46. The number of pyridine rings is 1. The van der Waals surface area contributed by atoms with Crippen LogP contribution in [0.4, 0.5) is 5.82 Å². The average Bonchev–Trinajstić information content (AvgIpc) is 2.36. The lowest BCUT2D eigenvalue weighted by atomic mass is 9.93. The smallest absolute Gasteiger partial charge is 0.247 e. The van der Waals surface area contributed by atoms with E-state index >= 15 is 0 Å². The van der Waals surface area contributed by atoms with E-state index in [1.165, 1.54) is 10.4 Å². The molecule has 0 unspecified atom stereocenters. The van der Waals surface area contributed by atoms with Gasteiger partial charge >= 0.3 is 0 Å². The third-order valence-electron chi connectivity index (χ3n) is 3.45. The summed E-state index contributed by atoms with van der Waals surface area (Å²) in [6.07, 6.45) is 4.26. The molecular weight excluding hydrogens is 346 g/mol. The van der Waals surface area contributed by atoms with Gasteiger partial charge in [0.2, 0.25) is 10.0 Å². The van der Waals surface area contributed by atoms with E-state index in [4.69, 9.17) is 5.11 Å². The highest BCUT2D eigenvalue weighted by atomic mass is 79.9. The lowest BCUT2D eigenvalue weighted by molar-refractivity contribution is 0.178. The normalized spacial score (nSPS) is 16.2. The molecule has 0 aromatic carbocycles. The van der Waals surface area contributed by atoms with E-state index in [2.05, 4.69) is 26.2 Å². The van der Waals surface area contributed by atoms with Crippen LogP contribution in [0.2, 0.25) is 0 Å². The molecule has 6 nitrogen and oxygen atoms in total. The molecule has 1 saturated carbocycles. The van der Waals surface area contributed by atoms with E-state index in [1.54, 1.807) is 13.2 Å². The molecule has 1 fully saturated rings. The highest BCUT2D eigenvalue weighted by molar-refractivity contribution is 9.10. The van der Waals surface area contributed by atoms with Crippen LogP contribution in [0.3, 0.4) is 0 Å². The van der Waals surface area contributed by atoms with Crippen LogP contribution < -0.4 is 5.32 Å². The van der Waals surface area contributed by atoms with Crippen molar-refractivity contribution in [1.82, 2.24) is 9.29 Å². The van der Waals surface area contributed by atoms with Crippen LogP contribution in [0.25, 0.3) is 0 Å². The topological polar surface area (TPSA) is 82.5 Å². The highest BCUT2D eigenvalue weighted by Gasteiger charge is 2.36. The Labute approximate surface area is 127 Å². The number of hydrogen-bond acceptors (Lipinski definition) is 5. The number of rotatable bonds is 6. The van der Waals surface area contributed by atoms with E-state index in [1.807, 2.05) is 0 Å². The van der Waals surface area contributed by atoms with Crippen LogP contribution >= 0.6 is 15.9 Å². The van der Waals surface area contributed by atoms with Crippen molar-refractivity contribution in [2.24, 2.45) is 0 Å². The molecule has 112 valence electrons. The molecule has 0 saturated heterocycles. The van der Waals surface area contributed by atoms with Gasteiger partial charge in [-0.3, -0.25) is 0 Å². The van der Waals surface area contributed by atoms with Crippen molar-refractivity contribution in [3.63, 3.8) is 0 Å². The number of aliphatic hydroxyl groups excluding tert-OH is 1. The van der Waals surface area contributed by atoms with Gasteiger partial charge in [0.1, 0.15) is 10.7 Å². The fraction of sp³-hybridized carbons (Fsp3) is 0.583. The average molecular weight is 364 g/mol. The van der Waals surface area contributed by atoms with Gasteiger partial charge in [0.25, 0.3) is 0 Å². The molecule has 0 bridgehead atoms. The molecule has 0 spiro atoms. The summed E-state index contributed by atoms with van der Waals surface area (Å²) in [5.41, 5.74) is 0. The first-order chi connectivity index (χ1) is 9.50. The van der Waals surface area contributed by atoms with Crippen molar-refractivity contribution in [2.75, 3.05) is 25.5 Å². The standard InChI is InChI=1S/C12H18BrN3O3S/c1-14-12-11(7-9(13)8-15-12)20(18,19)16(5-6-17)10-3-2-4-10/h7-8,10,17H,2-6H2,1H3,(H,14,15). The van der Waals surface area contributed by atoms with Crippen molar-refractivity contribution >= 4 is 31.8 Å². The van der Waals surface area contributed by atoms with Gasteiger partial charge in [0, 0.05) is 30.3 Å². The van der Waals surface area contributed by atoms with Crippen LogP contribution in [0.1, 0.15) is 19.3 Å². The maximum atomic E-state index is 12.8. The first kappa shape index (κ1) is 15.7. The maximum Gasteiger partial charge on any atom is 0.247 e. The van der Waals surface area contributed by atoms with E-state index in [9.17, 15) is 8.42 Å². The molecule has 0 atom stereocenters. The van der Waals surface area contributed by atoms with Gasteiger partial charge < -0.3 is 10.4 Å². The Balaban J connectivity index is 2.43. The second kappa shape index (κ2) is 6.38. The van der Waals surface area contributed by atoms with E-state index in [0.29, 0.717) is 10.3 Å². The quantitative estimate of drug-likeness (QED) is 0.798. The third-order valence-corrected chi connectivity index (χ3v) is 5.84. The summed E-state index contributed by atoms with van der Waals surface area (Å²) in [5, 5.41) is 12.0. The number of halogens is 1. The molecule has 8 heteroatoms. The molecule has 1 heterocycles. The Hall–Kier alpha value is -0.700. The molecule has 0 aliphatic heterocycles. The molecule has 20 heavy (non-hydrogen) atoms. The largest absolute Gasteiger partial charge is 0.395 e. The molecule has 1 aliphatic carbocycles. The van der Waals surface area contributed by atoms with Crippen LogP contribution in [0.15, 0.2) is 21.6 Å². The predicted octanol–water partition coefficient (Wildman–Crippen LogP) is 1.42. The molecule has 1 aliphatic rings. The Morgan fingerprint density at radius 2 is 2.25 bits per heavy atom. The van der Waals surface area contributed by atoms with Crippen LogP contribution in [-0.4, -0.2) is 49.1 Å². The van der Waals surface area contributed by atoms with Gasteiger partial charge in [-0.2, -0.15) is 4.31 Å². The second-order valence-electron chi connectivity index (χ2n) is 4.67. The number of nitrogens with one attached hydrogen (secondary N) is 1. The van der Waals surface area contributed by atoms with E-state index < -0.39 is 10.0 Å². The number of hydrogen-bond donors (Lipinski definition) is 2. The first-order valence-corrected chi connectivity index (χ1v) is 8.70. The summed E-state index contributed by atoms with van der Waals surface area (Å²) in [6, 6.07) is 1.52. The van der Waals surface area contributed by atoms with E-state index in [0.717, 1.165) is 19.3 Å². The van der Waals surface area contributed by atoms with E-state index in [-0.39, 0.29) is 24.1 Å². The second-order valence-corrected chi connectivity index (χ2v) is 7.45. The summed E-state index contributed by atoms with van der Waals surface area (Å²) in [5.74, 6) is 0.315. The summed E-state index contributed by atoms with van der Waals surface area (Å²) < 4.78 is 27.6. The predicted molar refractivity (Wildman–Crippen MR) is 80.1 cm³/mol. The number of nitrogens with zero attached hydrogens (tertiary/aromatic N) is 2. The maximum absolute atomic E-state index is 12.8. The third kappa shape index (κ3) is 2.98. The van der Waals surface area contributed by atoms with Crippen LogP contribution in [-0.2, 0) is 10.0 Å². The molecule has 2 rings (SSSR count). The Morgan fingerprint density at radius 3 is 2.75 bits per heavy atom. The SMILES string of the molecule is CNc1ncc(Br)cc1S(=O)(=O)N(CCO)C1CCC1. The monoisotopic (exact) mass is 363 g/mol. The summed E-state index contributed by atoms with van der Waals surface area (Å²) in [4.78, 5) is 4.22. The fourth-order valence-electron chi connectivity index (χ4n) is 2.20. The van der Waals surface area contributed by atoms with Gasteiger partial charge in [-0.1, -0.05) is 6.42 Å². The molecular formula is C12H18BrN3O3S. The molecule has 0 amide bonds. The van der Waals surface area contributed by atoms with Gasteiger partial charge in [0.15, 0.2) is 0 Å². The van der Waals surface area contributed by atoms with Gasteiger partial charge in [-0.05, 0) is 34.8 Å². The minimum Gasteiger partial charge on any atom is -0.395 e. The number of aliphatic hydroxyl groups is 1. The summed E-state index contributed by atoms with van der Waals surface area (Å²) >= 11 is 3.25. The van der Waals surface area contributed by atoms with Gasteiger partial charge in [-0.25, -0.2) is 13.4 Å². The van der Waals surface area contributed by atoms with Crippen LogP contribution in [0, 0.1) is 0 Å². The Morgan fingerprint density at radius 1 is 1.55 bits per heavy atom. The molecule has 2 N–H and O–H groups in total. The lowest BCUT2D eigenvalue weighted by Crippen LogP contribution is -2.45. The minimum absolute atomic E-state index is 0.0177.